The minimum absolute atomic E-state index is 0.228. The van der Waals surface area contributed by atoms with Gasteiger partial charge in [-0.1, -0.05) is 45.8 Å². The van der Waals surface area contributed by atoms with Crippen LogP contribution in [0.5, 0.6) is 0 Å². The van der Waals surface area contributed by atoms with E-state index in [1.54, 1.807) is 0 Å². The van der Waals surface area contributed by atoms with Crippen molar-refractivity contribution in [1.29, 1.82) is 0 Å². The van der Waals surface area contributed by atoms with Crippen LogP contribution in [0.25, 0.3) is 0 Å². The molecule has 0 saturated carbocycles. The Morgan fingerprint density at radius 3 is 2.32 bits per heavy atom. The molecule has 0 radical (unpaired) electrons. The SMILES string of the molecule is CCC1=CC2C(=O)OC(=O)C2(CC)C(CC)C1CC. The molecular weight excluding hydrogens is 240 g/mol. The maximum Gasteiger partial charge on any atom is 0.321 e. The van der Waals surface area contributed by atoms with E-state index in [1.165, 1.54) is 5.57 Å². The molecule has 2 aliphatic rings. The average Bonchev–Trinajstić information content (AvgIpc) is 2.67. The Bertz CT molecular complexity index is 424. The average molecular weight is 264 g/mol. The summed E-state index contributed by atoms with van der Waals surface area (Å²) >= 11 is 0. The Morgan fingerprint density at radius 1 is 1.16 bits per heavy atom. The molecule has 1 fully saturated rings. The number of esters is 2. The van der Waals surface area contributed by atoms with Crippen molar-refractivity contribution in [3.05, 3.63) is 11.6 Å². The van der Waals surface area contributed by atoms with Gasteiger partial charge in [0.15, 0.2) is 0 Å². The van der Waals surface area contributed by atoms with Crippen molar-refractivity contribution in [3.63, 3.8) is 0 Å². The molecule has 1 saturated heterocycles. The highest BCUT2D eigenvalue weighted by atomic mass is 16.6. The fourth-order valence-electron chi connectivity index (χ4n) is 4.34. The lowest BCUT2D eigenvalue weighted by atomic mass is 9.55. The smallest absolute Gasteiger partial charge is 0.321 e. The fourth-order valence-corrected chi connectivity index (χ4v) is 4.34. The molecule has 0 aromatic carbocycles. The van der Waals surface area contributed by atoms with Gasteiger partial charge in [-0.15, -0.1) is 0 Å². The second-order valence-corrected chi connectivity index (χ2v) is 5.70. The summed E-state index contributed by atoms with van der Waals surface area (Å²) in [5.41, 5.74) is 0.723. The molecule has 0 aromatic heterocycles. The van der Waals surface area contributed by atoms with Gasteiger partial charge in [-0.25, -0.2) is 0 Å². The van der Waals surface area contributed by atoms with Crippen LogP contribution in [0, 0.1) is 23.2 Å². The molecule has 19 heavy (non-hydrogen) atoms. The van der Waals surface area contributed by atoms with Crippen LogP contribution in [0.15, 0.2) is 11.6 Å². The molecule has 0 aromatic rings. The second-order valence-electron chi connectivity index (χ2n) is 5.70. The number of cyclic esters (lactones) is 2. The Morgan fingerprint density at radius 2 is 1.84 bits per heavy atom. The van der Waals surface area contributed by atoms with Gasteiger partial charge in [0, 0.05) is 0 Å². The molecule has 0 N–H and O–H groups in total. The van der Waals surface area contributed by atoms with E-state index in [0.717, 1.165) is 19.3 Å². The monoisotopic (exact) mass is 264 g/mol. The zero-order valence-corrected chi connectivity index (χ0v) is 12.4. The first-order valence-corrected chi connectivity index (χ1v) is 7.53. The minimum atomic E-state index is -0.606. The standard InChI is InChI=1S/C16H24O3/c1-5-10-9-13-14(17)19-15(18)16(13,8-4)12(7-3)11(10)6-2/h9,11-13H,5-8H2,1-4H3. The lowest BCUT2D eigenvalue weighted by Crippen LogP contribution is -2.46. The molecule has 4 atom stereocenters. The van der Waals surface area contributed by atoms with Crippen LogP contribution in [0.3, 0.4) is 0 Å². The van der Waals surface area contributed by atoms with Gasteiger partial charge in [-0.2, -0.15) is 0 Å². The van der Waals surface area contributed by atoms with Crippen LogP contribution in [0.4, 0.5) is 0 Å². The van der Waals surface area contributed by atoms with Crippen LogP contribution in [-0.2, 0) is 14.3 Å². The number of carbonyl (C=O) groups excluding carboxylic acids is 2. The molecule has 4 unspecified atom stereocenters. The molecule has 0 bridgehead atoms. The van der Waals surface area contributed by atoms with Gasteiger partial charge in [-0.3, -0.25) is 9.59 Å². The summed E-state index contributed by atoms with van der Waals surface area (Å²) in [6, 6.07) is 0. The number of hydrogen-bond acceptors (Lipinski definition) is 3. The number of allylic oxidation sites excluding steroid dienone is 1. The Kier molecular flexibility index (Phi) is 3.84. The van der Waals surface area contributed by atoms with E-state index in [9.17, 15) is 9.59 Å². The Labute approximate surface area is 115 Å². The molecule has 1 heterocycles. The zero-order chi connectivity index (χ0) is 14.2. The summed E-state index contributed by atoms with van der Waals surface area (Å²) in [4.78, 5) is 24.3. The normalized spacial score (nSPS) is 37.9. The van der Waals surface area contributed by atoms with E-state index in [1.807, 2.05) is 13.0 Å². The predicted molar refractivity (Wildman–Crippen MR) is 73.2 cm³/mol. The van der Waals surface area contributed by atoms with Crippen LogP contribution in [0.2, 0.25) is 0 Å². The van der Waals surface area contributed by atoms with Gasteiger partial charge in [0.25, 0.3) is 0 Å². The van der Waals surface area contributed by atoms with Crippen molar-refractivity contribution < 1.29 is 14.3 Å². The molecule has 1 aliphatic carbocycles. The quantitative estimate of drug-likeness (QED) is 0.443. The predicted octanol–water partition coefficient (Wildman–Crippen LogP) is 3.48. The van der Waals surface area contributed by atoms with Gasteiger partial charge in [-0.05, 0) is 31.1 Å². The highest BCUT2D eigenvalue weighted by molar-refractivity contribution is 6.00. The summed E-state index contributed by atoms with van der Waals surface area (Å²) in [5, 5.41) is 0. The third kappa shape index (κ3) is 1.78. The summed E-state index contributed by atoms with van der Waals surface area (Å²) in [7, 11) is 0. The largest absolute Gasteiger partial charge is 0.392 e. The van der Waals surface area contributed by atoms with E-state index in [2.05, 4.69) is 20.8 Å². The molecule has 3 nitrogen and oxygen atoms in total. The summed E-state index contributed by atoms with van der Waals surface area (Å²) in [6.07, 6.45) is 5.62. The number of carbonyl (C=O) groups is 2. The van der Waals surface area contributed by atoms with E-state index in [4.69, 9.17) is 4.74 Å². The third-order valence-electron chi connectivity index (χ3n) is 5.26. The molecule has 0 amide bonds. The number of hydrogen-bond donors (Lipinski definition) is 0. The molecule has 3 heteroatoms. The summed E-state index contributed by atoms with van der Waals surface area (Å²) < 4.78 is 5.00. The van der Waals surface area contributed by atoms with Crippen molar-refractivity contribution in [2.75, 3.05) is 0 Å². The van der Waals surface area contributed by atoms with Crippen molar-refractivity contribution >= 4 is 11.9 Å². The van der Waals surface area contributed by atoms with Crippen LogP contribution < -0.4 is 0 Å². The Hall–Kier alpha value is -1.12. The maximum atomic E-state index is 12.3. The molecular formula is C16H24O3. The van der Waals surface area contributed by atoms with Crippen molar-refractivity contribution in [3.8, 4) is 0 Å². The minimum Gasteiger partial charge on any atom is -0.392 e. The molecule has 106 valence electrons. The van der Waals surface area contributed by atoms with E-state index >= 15 is 0 Å². The summed E-state index contributed by atoms with van der Waals surface area (Å²) in [6.45, 7) is 8.42. The van der Waals surface area contributed by atoms with Crippen LogP contribution >= 0.6 is 0 Å². The van der Waals surface area contributed by atoms with E-state index in [-0.39, 0.29) is 23.8 Å². The van der Waals surface area contributed by atoms with Crippen molar-refractivity contribution in [2.24, 2.45) is 23.2 Å². The molecule has 2 rings (SSSR count). The van der Waals surface area contributed by atoms with Crippen LogP contribution in [-0.4, -0.2) is 11.9 Å². The van der Waals surface area contributed by atoms with Gasteiger partial charge in [0.1, 0.15) is 0 Å². The second kappa shape index (κ2) is 5.10. The first-order chi connectivity index (χ1) is 9.06. The first-order valence-electron chi connectivity index (χ1n) is 7.53. The first kappa shape index (κ1) is 14.3. The number of rotatable bonds is 4. The van der Waals surface area contributed by atoms with Gasteiger partial charge >= 0.3 is 11.9 Å². The van der Waals surface area contributed by atoms with Gasteiger partial charge in [0.2, 0.25) is 0 Å². The zero-order valence-electron chi connectivity index (χ0n) is 12.4. The third-order valence-corrected chi connectivity index (χ3v) is 5.26. The van der Waals surface area contributed by atoms with Crippen molar-refractivity contribution in [2.45, 2.75) is 53.4 Å². The van der Waals surface area contributed by atoms with E-state index < -0.39 is 5.41 Å². The number of fused-ring (bicyclic) bond motifs is 1. The lowest BCUT2D eigenvalue weighted by Gasteiger charge is -2.44. The van der Waals surface area contributed by atoms with E-state index in [0.29, 0.717) is 12.3 Å². The maximum absolute atomic E-state index is 12.3. The van der Waals surface area contributed by atoms with Crippen LogP contribution in [0.1, 0.15) is 53.4 Å². The van der Waals surface area contributed by atoms with Gasteiger partial charge < -0.3 is 4.74 Å². The highest BCUT2D eigenvalue weighted by Gasteiger charge is 2.62. The summed E-state index contributed by atoms with van der Waals surface area (Å²) in [5.74, 6) is -0.351. The van der Waals surface area contributed by atoms with Gasteiger partial charge in [0.05, 0.1) is 11.3 Å². The fraction of sp³-hybridized carbons (Fsp3) is 0.750. The Balaban J connectivity index is 2.59. The van der Waals surface area contributed by atoms with Crippen molar-refractivity contribution in [1.82, 2.24) is 0 Å². The molecule has 0 spiro atoms. The highest BCUT2D eigenvalue weighted by Crippen LogP contribution is 2.56. The number of ether oxygens (including phenoxy) is 1. The molecule has 1 aliphatic heterocycles. The lowest BCUT2D eigenvalue weighted by molar-refractivity contribution is -0.157. The topological polar surface area (TPSA) is 43.4 Å².